The predicted octanol–water partition coefficient (Wildman–Crippen LogP) is 6.30. The van der Waals surface area contributed by atoms with Crippen molar-refractivity contribution in [3.63, 3.8) is 0 Å². The zero-order chi connectivity index (χ0) is 24.0. The maximum absolute atomic E-state index is 6.35. The van der Waals surface area contributed by atoms with Crippen LogP contribution in [-0.4, -0.2) is 37.2 Å². The zero-order valence-electron chi connectivity index (χ0n) is 21.5. The molecule has 0 saturated heterocycles. The quantitative estimate of drug-likeness (QED) is 0.190. The molecule has 0 saturated carbocycles. The highest BCUT2D eigenvalue weighted by molar-refractivity contribution is 5.87. The van der Waals surface area contributed by atoms with Crippen LogP contribution in [0.3, 0.4) is 0 Å². The number of pyridine rings is 1. The average molecular weight is 460 g/mol. The molecule has 0 fully saturated rings. The van der Waals surface area contributed by atoms with Crippen molar-refractivity contribution in [1.29, 1.82) is 0 Å². The summed E-state index contributed by atoms with van der Waals surface area (Å²) in [5.74, 6) is 1.88. The highest BCUT2D eigenvalue weighted by Crippen LogP contribution is 2.39. The second-order valence-electron chi connectivity index (χ2n) is 9.53. The number of quaternary nitrogens is 1. The first-order valence-corrected chi connectivity index (χ1v) is 13.1. The van der Waals surface area contributed by atoms with Gasteiger partial charge in [0.1, 0.15) is 7.05 Å². The van der Waals surface area contributed by atoms with E-state index in [1.54, 1.807) is 0 Å². The van der Waals surface area contributed by atoms with Crippen molar-refractivity contribution in [3.05, 3.63) is 72.2 Å². The largest absolute Gasteiger partial charge is 0.439 e. The summed E-state index contributed by atoms with van der Waals surface area (Å²) in [5.41, 5.74) is 3.59. The Labute approximate surface area is 205 Å². The summed E-state index contributed by atoms with van der Waals surface area (Å²) in [6.45, 7) is 13.0. The molecule has 0 unspecified atom stereocenters. The van der Waals surface area contributed by atoms with Gasteiger partial charge in [-0.1, -0.05) is 30.7 Å². The standard InChI is InChI=1S/C30H41N3O/c1-5-33(6-2,7-3)23-15-9-8-14-21-32-28-18-12-13-19-29(28)34-30(32)24-25-20-22-31(4)27-17-11-10-16-26(25)27/h10-13,16-20,22,24H,5-9,14-15,21,23H2,1-4H3/q+2. The lowest BCUT2D eigenvalue weighted by Gasteiger charge is -2.35. The molecule has 1 aliphatic heterocycles. The number of fused-ring (bicyclic) bond motifs is 2. The number of ether oxygens (including phenoxy) is 1. The van der Waals surface area contributed by atoms with Gasteiger partial charge in [-0.2, -0.15) is 0 Å². The molecule has 4 nitrogen and oxygen atoms in total. The van der Waals surface area contributed by atoms with Crippen molar-refractivity contribution in [1.82, 2.24) is 0 Å². The number of hydrogen-bond acceptors (Lipinski definition) is 2. The van der Waals surface area contributed by atoms with Gasteiger partial charge < -0.3 is 14.1 Å². The van der Waals surface area contributed by atoms with Crippen molar-refractivity contribution in [3.8, 4) is 5.75 Å². The van der Waals surface area contributed by atoms with Crippen LogP contribution in [0.25, 0.3) is 17.0 Å². The maximum atomic E-state index is 6.35. The lowest BCUT2D eigenvalue weighted by molar-refractivity contribution is -0.923. The van der Waals surface area contributed by atoms with Crippen LogP contribution in [0.2, 0.25) is 0 Å². The fourth-order valence-corrected chi connectivity index (χ4v) is 5.25. The summed E-state index contributed by atoms with van der Waals surface area (Å²) in [5, 5.41) is 1.24. The van der Waals surface area contributed by atoms with Gasteiger partial charge in [0.05, 0.1) is 37.3 Å². The van der Waals surface area contributed by atoms with Gasteiger partial charge in [-0.05, 0) is 63.8 Å². The number of hydrogen-bond donors (Lipinski definition) is 0. The van der Waals surface area contributed by atoms with Crippen LogP contribution in [0, 0.1) is 0 Å². The Balaban J connectivity index is 1.46. The van der Waals surface area contributed by atoms with E-state index < -0.39 is 0 Å². The molecule has 0 spiro atoms. The van der Waals surface area contributed by atoms with Gasteiger partial charge in [-0.3, -0.25) is 0 Å². The molecule has 2 heterocycles. The van der Waals surface area contributed by atoms with Crippen molar-refractivity contribution >= 4 is 22.7 Å². The fraction of sp³-hybridized carbons (Fsp3) is 0.433. The van der Waals surface area contributed by atoms with E-state index in [4.69, 9.17) is 4.74 Å². The first kappa shape index (κ1) is 24.3. The predicted molar refractivity (Wildman–Crippen MR) is 143 cm³/mol. The Hall–Kier alpha value is -2.85. The first-order valence-electron chi connectivity index (χ1n) is 13.1. The third-order valence-corrected chi connectivity index (χ3v) is 7.76. The smallest absolute Gasteiger partial charge is 0.212 e. The zero-order valence-corrected chi connectivity index (χ0v) is 21.5. The van der Waals surface area contributed by atoms with Crippen LogP contribution in [-0.2, 0) is 7.05 Å². The van der Waals surface area contributed by atoms with Gasteiger partial charge in [0.25, 0.3) is 0 Å². The number of para-hydroxylation sites is 3. The minimum Gasteiger partial charge on any atom is -0.439 e. The molecule has 1 aromatic heterocycles. The Morgan fingerprint density at radius 3 is 2.35 bits per heavy atom. The van der Waals surface area contributed by atoms with E-state index >= 15 is 0 Å². The van der Waals surface area contributed by atoms with Crippen LogP contribution in [0.4, 0.5) is 5.69 Å². The molecule has 2 aromatic carbocycles. The normalized spacial score (nSPS) is 14.6. The van der Waals surface area contributed by atoms with E-state index in [2.05, 4.69) is 104 Å². The van der Waals surface area contributed by atoms with E-state index in [1.165, 1.54) is 78.5 Å². The molecule has 180 valence electrons. The third kappa shape index (κ3) is 5.12. The van der Waals surface area contributed by atoms with Gasteiger partial charge in [-0.25, -0.2) is 4.57 Å². The average Bonchev–Trinajstić information content (AvgIpc) is 3.23. The monoisotopic (exact) mass is 459 g/mol. The molecule has 34 heavy (non-hydrogen) atoms. The van der Waals surface area contributed by atoms with E-state index in [-0.39, 0.29) is 0 Å². The van der Waals surface area contributed by atoms with Gasteiger partial charge in [0, 0.05) is 24.8 Å². The summed E-state index contributed by atoms with van der Waals surface area (Å²) in [4.78, 5) is 2.36. The number of rotatable bonds is 11. The van der Waals surface area contributed by atoms with Gasteiger partial charge in [0.15, 0.2) is 11.9 Å². The molecule has 0 aliphatic carbocycles. The SMILES string of the molecule is CC[N+](CC)(CC)CCCCCCN1/C(=C/c2cc[n+](C)c3ccccc23)Oc2ccccc21. The molecule has 0 N–H and O–H groups in total. The number of unbranched alkanes of at least 4 members (excludes halogenated alkanes) is 3. The summed E-state index contributed by atoms with van der Waals surface area (Å²) < 4.78 is 9.77. The number of anilines is 1. The Morgan fingerprint density at radius 1 is 0.853 bits per heavy atom. The Morgan fingerprint density at radius 2 is 1.56 bits per heavy atom. The van der Waals surface area contributed by atoms with Crippen LogP contribution < -0.4 is 14.2 Å². The molecular formula is C30H41N3O+2. The lowest BCUT2D eigenvalue weighted by atomic mass is 10.1. The fourth-order valence-electron chi connectivity index (χ4n) is 5.25. The molecular weight excluding hydrogens is 418 g/mol. The summed E-state index contributed by atoms with van der Waals surface area (Å²) >= 11 is 0. The van der Waals surface area contributed by atoms with Crippen molar-refractivity contribution in [2.45, 2.75) is 46.5 Å². The number of benzene rings is 2. The Kier molecular flexibility index (Phi) is 7.89. The second kappa shape index (κ2) is 11.1. The van der Waals surface area contributed by atoms with E-state index in [1.807, 2.05) is 0 Å². The van der Waals surface area contributed by atoms with Crippen molar-refractivity contribution < 1.29 is 13.8 Å². The highest BCUT2D eigenvalue weighted by Gasteiger charge is 2.26. The molecule has 0 atom stereocenters. The van der Waals surface area contributed by atoms with Gasteiger partial charge in [-0.15, -0.1) is 0 Å². The molecule has 3 aromatic rings. The lowest BCUT2D eigenvalue weighted by Crippen LogP contribution is -2.48. The summed E-state index contributed by atoms with van der Waals surface area (Å²) in [6, 6.07) is 19.1. The molecule has 0 bridgehead atoms. The molecule has 4 rings (SSSR count). The third-order valence-electron chi connectivity index (χ3n) is 7.76. The van der Waals surface area contributed by atoms with E-state index in [9.17, 15) is 0 Å². The van der Waals surface area contributed by atoms with E-state index in [0.29, 0.717) is 0 Å². The second-order valence-corrected chi connectivity index (χ2v) is 9.53. The van der Waals surface area contributed by atoms with Gasteiger partial charge in [0.2, 0.25) is 11.4 Å². The van der Waals surface area contributed by atoms with Crippen LogP contribution in [0.1, 0.15) is 52.0 Å². The van der Waals surface area contributed by atoms with Crippen LogP contribution in [0.5, 0.6) is 5.75 Å². The molecule has 1 aliphatic rings. The number of aromatic nitrogens is 1. The first-order chi connectivity index (χ1) is 16.6. The number of nitrogens with zero attached hydrogens (tertiary/aromatic N) is 3. The highest BCUT2D eigenvalue weighted by atomic mass is 16.5. The minimum absolute atomic E-state index is 0.929. The topological polar surface area (TPSA) is 16.4 Å². The molecule has 0 amide bonds. The van der Waals surface area contributed by atoms with Crippen molar-refractivity contribution in [2.75, 3.05) is 37.6 Å². The van der Waals surface area contributed by atoms with Crippen LogP contribution in [0.15, 0.2) is 66.7 Å². The summed E-state index contributed by atoms with van der Waals surface area (Å²) in [6.07, 6.45) is 9.38. The van der Waals surface area contributed by atoms with Gasteiger partial charge >= 0.3 is 0 Å². The number of aryl methyl sites for hydroxylation is 1. The van der Waals surface area contributed by atoms with Crippen LogP contribution >= 0.6 is 0 Å². The minimum atomic E-state index is 0.929. The maximum Gasteiger partial charge on any atom is 0.212 e. The Bertz CT molecular complexity index is 1120. The molecule has 0 radical (unpaired) electrons. The van der Waals surface area contributed by atoms with Crippen molar-refractivity contribution in [2.24, 2.45) is 7.05 Å². The summed E-state index contributed by atoms with van der Waals surface area (Å²) in [7, 11) is 2.10. The van der Waals surface area contributed by atoms with E-state index in [0.717, 1.165) is 18.2 Å². The molecule has 4 heteroatoms.